The fourth-order valence-corrected chi connectivity index (χ4v) is 1.54. The lowest BCUT2D eigenvalue weighted by Gasteiger charge is -2.10. The van der Waals surface area contributed by atoms with Crippen LogP contribution in [-0.4, -0.2) is 15.7 Å². The predicted octanol–water partition coefficient (Wildman–Crippen LogP) is 1.20. The molecule has 6 heteroatoms. The van der Waals surface area contributed by atoms with Crippen molar-refractivity contribution in [2.75, 3.05) is 5.32 Å². The summed E-state index contributed by atoms with van der Waals surface area (Å²) in [5.41, 5.74) is 6.76. The van der Waals surface area contributed by atoms with E-state index < -0.39 is 17.8 Å². The number of amides is 1. The maximum absolute atomic E-state index is 12.9. The predicted molar refractivity (Wildman–Crippen MR) is 65.2 cm³/mol. The Labute approximate surface area is 103 Å². The second kappa shape index (κ2) is 4.97. The van der Waals surface area contributed by atoms with Crippen LogP contribution in [0, 0.1) is 5.82 Å². The Morgan fingerprint density at radius 1 is 1.56 bits per heavy atom. The molecule has 0 aliphatic rings. The van der Waals surface area contributed by atoms with Gasteiger partial charge in [-0.15, -0.1) is 0 Å². The van der Waals surface area contributed by atoms with Crippen molar-refractivity contribution in [3.8, 4) is 0 Å². The Balaban J connectivity index is 2.08. The van der Waals surface area contributed by atoms with E-state index in [1.165, 1.54) is 24.4 Å². The number of hydrogen-bond acceptors (Lipinski definition) is 3. The third-order valence-electron chi connectivity index (χ3n) is 2.46. The van der Waals surface area contributed by atoms with Crippen molar-refractivity contribution in [2.45, 2.75) is 6.04 Å². The monoisotopic (exact) mass is 248 g/mol. The minimum Gasteiger partial charge on any atom is -0.324 e. The van der Waals surface area contributed by atoms with Crippen LogP contribution in [0.1, 0.15) is 11.6 Å². The molecule has 18 heavy (non-hydrogen) atoms. The van der Waals surface area contributed by atoms with Gasteiger partial charge in [-0.1, -0.05) is 6.07 Å². The summed E-state index contributed by atoms with van der Waals surface area (Å²) < 4.78 is 14.5. The molecule has 5 nitrogen and oxygen atoms in total. The van der Waals surface area contributed by atoms with Gasteiger partial charge >= 0.3 is 0 Å². The maximum Gasteiger partial charge on any atom is 0.246 e. The quantitative estimate of drug-likeness (QED) is 0.857. The van der Waals surface area contributed by atoms with Crippen LogP contribution < -0.4 is 11.1 Å². The van der Waals surface area contributed by atoms with Crippen LogP contribution >= 0.6 is 0 Å². The van der Waals surface area contributed by atoms with Gasteiger partial charge in [-0.3, -0.25) is 9.48 Å². The number of aromatic nitrogens is 2. The van der Waals surface area contributed by atoms with Gasteiger partial charge < -0.3 is 11.1 Å². The van der Waals surface area contributed by atoms with Crippen LogP contribution in [0.4, 0.5) is 10.1 Å². The lowest BCUT2D eigenvalue weighted by atomic mass is 10.1. The van der Waals surface area contributed by atoms with Crippen molar-refractivity contribution in [3.05, 3.63) is 48.0 Å². The third kappa shape index (κ3) is 2.72. The maximum atomic E-state index is 12.9. The number of rotatable bonds is 3. The smallest absolute Gasteiger partial charge is 0.246 e. The molecule has 2 rings (SSSR count). The zero-order valence-electron chi connectivity index (χ0n) is 9.80. The van der Waals surface area contributed by atoms with Gasteiger partial charge in [0.25, 0.3) is 0 Å². The van der Waals surface area contributed by atoms with Crippen molar-refractivity contribution < 1.29 is 9.18 Å². The summed E-state index contributed by atoms with van der Waals surface area (Å²) in [6, 6.07) is 4.81. The molecule has 3 N–H and O–H groups in total. The minimum absolute atomic E-state index is 0.374. The summed E-state index contributed by atoms with van der Waals surface area (Å²) in [5.74, 6) is -0.823. The number of nitrogens with zero attached hydrogens (tertiary/aromatic N) is 2. The Kier molecular flexibility index (Phi) is 3.38. The molecule has 0 spiro atoms. The van der Waals surface area contributed by atoms with Crippen molar-refractivity contribution in [3.63, 3.8) is 0 Å². The first-order chi connectivity index (χ1) is 8.56. The molecule has 0 bridgehead atoms. The number of carbonyl (C=O) groups is 1. The van der Waals surface area contributed by atoms with E-state index >= 15 is 0 Å². The minimum atomic E-state index is -0.832. The zero-order chi connectivity index (χ0) is 13.1. The van der Waals surface area contributed by atoms with Gasteiger partial charge in [0.1, 0.15) is 11.9 Å². The Morgan fingerprint density at radius 2 is 2.33 bits per heavy atom. The molecule has 1 heterocycles. The van der Waals surface area contributed by atoms with E-state index in [1.807, 2.05) is 0 Å². The topological polar surface area (TPSA) is 72.9 Å². The van der Waals surface area contributed by atoms with E-state index in [1.54, 1.807) is 24.0 Å². The Morgan fingerprint density at radius 3 is 2.94 bits per heavy atom. The summed E-state index contributed by atoms with van der Waals surface area (Å²) in [6.45, 7) is 0. The van der Waals surface area contributed by atoms with Crippen molar-refractivity contribution in [1.82, 2.24) is 9.78 Å². The molecule has 0 saturated heterocycles. The van der Waals surface area contributed by atoms with Gasteiger partial charge in [-0.05, 0) is 18.2 Å². The number of nitrogens with one attached hydrogen (secondary N) is 1. The molecule has 0 fully saturated rings. The molecule has 0 radical (unpaired) electrons. The first-order valence-corrected chi connectivity index (χ1v) is 5.37. The zero-order valence-corrected chi connectivity index (χ0v) is 9.80. The van der Waals surface area contributed by atoms with Crippen LogP contribution in [-0.2, 0) is 11.8 Å². The molecule has 1 aromatic heterocycles. The van der Waals surface area contributed by atoms with Crippen molar-refractivity contribution >= 4 is 11.6 Å². The van der Waals surface area contributed by atoms with Crippen LogP contribution in [0.2, 0.25) is 0 Å². The van der Waals surface area contributed by atoms with Crippen LogP contribution in [0.25, 0.3) is 0 Å². The number of carbonyl (C=O) groups excluding carboxylic acids is 1. The average Bonchev–Trinajstić information content (AvgIpc) is 2.75. The summed E-state index contributed by atoms with van der Waals surface area (Å²) in [4.78, 5) is 11.8. The van der Waals surface area contributed by atoms with Gasteiger partial charge in [-0.2, -0.15) is 5.10 Å². The second-order valence-electron chi connectivity index (χ2n) is 3.92. The summed E-state index contributed by atoms with van der Waals surface area (Å²) in [7, 11) is 1.74. The van der Waals surface area contributed by atoms with Crippen molar-refractivity contribution in [1.29, 1.82) is 0 Å². The standard InChI is InChI=1S/C12H13FN4O/c1-17-7-8(6-15-17)11(14)12(18)16-10-4-2-3-9(13)5-10/h2-7,11H,14H2,1H3,(H,16,18). The van der Waals surface area contributed by atoms with Gasteiger partial charge in [0.15, 0.2) is 0 Å². The third-order valence-corrected chi connectivity index (χ3v) is 2.46. The molecule has 1 unspecified atom stereocenters. The Hall–Kier alpha value is -2.21. The van der Waals surface area contributed by atoms with E-state index in [0.717, 1.165) is 0 Å². The van der Waals surface area contributed by atoms with Crippen LogP contribution in [0.5, 0.6) is 0 Å². The van der Waals surface area contributed by atoms with Gasteiger partial charge in [-0.25, -0.2) is 4.39 Å². The molecule has 1 atom stereocenters. The molecule has 1 aromatic carbocycles. The number of hydrogen-bond donors (Lipinski definition) is 2. The van der Waals surface area contributed by atoms with E-state index in [0.29, 0.717) is 11.3 Å². The molecule has 0 saturated carbocycles. The molecular weight excluding hydrogens is 235 g/mol. The number of benzene rings is 1. The number of aryl methyl sites for hydroxylation is 1. The summed E-state index contributed by atoms with van der Waals surface area (Å²) in [6.07, 6.45) is 3.19. The molecule has 2 aromatic rings. The van der Waals surface area contributed by atoms with E-state index in [2.05, 4.69) is 10.4 Å². The normalized spacial score (nSPS) is 12.2. The van der Waals surface area contributed by atoms with Crippen LogP contribution in [0.15, 0.2) is 36.7 Å². The lowest BCUT2D eigenvalue weighted by molar-refractivity contribution is -0.117. The Bertz CT molecular complexity index is 567. The second-order valence-corrected chi connectivity index (χ2v) is 3.92. The van der Waals surface area contributed by atoms with Crippen LogP contribution in [0.3, 0.4) is 0 Å². The van der Waals surface area contributed by atoms with Gasteiger partial charge in [0.05, 0.1) is 6.20 Å². The SMILES string of the molecule is Cn1cc(C(N)C(=O)Nc2cccc(F)c2)cn1. The molecule has 1 amide bonds. The fourth-order valence-electron chi connectivity index (χ4n) is 1.54. The highest BCUT2D eigenvalue weighted by Gasteiger charge is 2.17. The van der Waals surface area contributed by atoms with E-state index in [-0.39, 0.29) is 0 Å². The molecular formula is C12H13FN4O. The molecule has 94 valence electrons. The summed E-state index contributed by atoms with van der Waals surface area (Å²) in [5, 5.41) is 6.49. The first-order valence-electron chi connectivity index (χ1n) is 5.37. The highest BCUT2D eigenvalue weighted by molar-refractivity contribution is 5.95. The molecule has 0 aliphatic heterocycles. The molecule has 0 aliphatic carbocycles. The van der Waals surface area contributed by atoms with Crippen molar-refractivity contribution in [2.24, 2.45) is 12.8 Å². The average molecular weight is 248 g/mol. The highest BCUT2D eigenvalue weighted by atomic mass is 19.1. The first kappa shape index (κ1) is 12.3. The number of halogens is 1. The van der Waals surface area contributed by atoms with E-state index in [9.17, 15) is 9.18 Å². The largest absolute Gasteiger partial charge is 0.324 e. The lowest BCUT2D eigenvalue weighted by Crippen LogP contribution is -2.27. The number of nitrogens with two attached hydrogens (primary N) is 1. The van der Waals surface area contributed by atoms with Gasteiger partial charge in [0, 0.05) is 24.5 Å². The van der Waals surface area contributed by atoms with Gasteiger partial charge in [0.2, 0.25) is 5.91 Å². The summed E-state index contributed by atoms with van der Waals surface area (Å²) >= 11 is 0. The van der Waals surface area contributed by atoms with E-state index in [4.69, 9.17) is 5.73 Å². The highest BCUT2D eigenvalue weighted by Crippen LogP contribution is 2.14. The number of anilines is 1. The fraction of sp³-hybridized carbons (Fsp3) is 0.167.